The molecule has 5 nitrogen and oxygen atoms in total. The second kappa shape index (κ2) is 6.76. The summed E-state index contributed by atoms with van der Waals surface area (Å²) in [4.78, 5) is 23.1. The quantitative estimate of drug-likeness (QED) is 0.582. The highest BCUT2D eigenvalue weighted by Gasteiger charge is 2.14. The van der Waals surface area contributed by atoms with Crippen molar-refractivity contribution >= 4 is 22.6 Å². The van der Waals surface area contributed by atoms with Crippen LogP contribution in [0.2, 0.25) is 0 Å². The lowest BCUT2D eigenvalue weighted by Gasteiger charge is -2.10. The fourth-order valence-electron chi connectivity index (χ4n) is 2.21. The maximum absolute atomic E-state index is 12.1. The first kappa shape index (κ1) is 15.6. The van der Waals surface area contributed by atoms with Crippen molar-refractivity contribution in [1.29, 1.82) is 0 Å². The normalized spacial score (nSPS) is 10.2. The molecule has 0 aliphatic carbocycles. The number of amides is 2. The summed E-state index contributed by atoms with van der Waals surface area (Å²) < 4.78 is 0. The third-order valence-electron chi connectivity index (χ3n) is 3.39. The van der Waals surface area contributed by atoms with E-state index in [1.165, 1.54) is 6.08 Å². The molecule has 0 unspecified atom stereocenters. The Balaban J connectivity index is 2.10. The zero-order valence-electron chi connectivity index (χ0n) is 12.3. The number of nitrogens with one attached hydrogen (secondary N) is 2. The highest BCUT2D eigenvalue weighted by molar-refractivity contribution is 6.04. The topological polar surface area (TPSA) is 78.4 Å². The van der Waals surface area contributed by atoms with Crippen LogP contribution in [0.3, 0.4) is 0 Å². The van der Waals surface area contributed by atoms with E-state index in [-0.39, 0.29) is 29.7 Å². The molecular formula is C17H18N2O3. The van der Waals surface area contributed by atoms with E-state index >= 15 is 0 Å². The van der Waals surface area contributed by atoms with Crippen LogP contribution in [-0.4, -0.2) is 30.0 Å². The summed E-state index contributed by atoms with van der Waals surface area (Å²) in [5.41, 5.74) is 1.25. The summed E-state index contributed by atoms with van der Waals surface area (Å²) in [6.07, 6.45) is 1.17. The molecule has 0 aliphatic heterocycles. The highest BCUT2D eigenvalue weighted by Crippen LogP contribution is 2.30. The maximum Gasteiger partial charge on any atom is 0.255 e. The molecule has 22 heavy (non-hydrogen) atoms. The van der Waals surface area contributed by atoms with Gasteiger partial charge in [-0.1, -0.05) is 30.8 Å². The Morgan fingerprint density at radius 1 is 1.14 bits per heavy atom. The molecule has 2 aromatic rings. The predicted octanol–water partition coefficient (Wildman–Crippen LogP) is 1.89. The van der Waals surface area contributed by atoms with Gasteiger partial charge in [0.15, 0.2) is 0 Å². The first-order valence-electron chi connectivity index (χ1n) is 6.94. The SMILES string of the molecule is C=CC(=O)NCCNC(=O)c1ccc2c(C)cccc2c1O. The van der Waals surface area contributed by atoms with Crippen molar-refractivity contribution in [2.45, 2.75) is 6.92 Å². The van der Waals surface area contributed by atoms with E-state index in [1.54, 1.807) is 12.1 Å². The zero-order chi connectivity index (χ0) is 16.1. The summed E-state index contributed by atoms with van der Waals surface area (Å²) in [6.45, 7) is 5.85. The van der Waals surface area contributed by atoms with Gasteiger partial charge in [0.25, 0.3) is 5.91 Å². The van der Waals surface area contributed by atoms with Crippen molar-refractivity contribution < 1.29 is 14.7 Å². The molecule has 0 saturated heterocycles. The Hall–Kier alpha value is -2.82. The van der Waals surface area contributed by atoms with Crippen molar-refractivity contribution in [2.75, 3.05) is 13.1 Å². The number of carbonyl (C=O) groups excluding carboxylic acids is 2. The van der Waals surface area contributed by atoms with Crippen molar-refractivity contribution in [3.05, 3.63) is 54.1 Å². The van der Waals surface area contributed by atoms with Gasteiger partial charge in [-0.3, -0.25) is 9.59 Å². The summed E-state index contributed by atoms with van der Waals surface area (Å²) in [5, 5.41) is 17.0. The first-order chi connectivity index (χ1) is 10.5. The molecule has 2 amide bonds. The van der Waals surface area contributed by atoms with Gasteiger partial charge in [0.1, 0.15) is 5.75 Å². The van der Waals surface area contributed by atoms with E-state index in [1.807, 2.05) is 25.1 Å². The molecule has 0 aliphatic rings. The Morgan fingerprint density at radius 2 is 1.86 bits per heavy atom. The van der Waals surface area contributed by atoms with Crippen molar-refractivity contribution in [3.63, 3.8) is 0 Å². The number of aromatic hydroxyl groups is 1. The molecule has 0 bridgehead atoms. The molecule has 5 heteroatoms. The Bertz CT molecular complexity index is 738. The average molecular weight is 298 g/mol. The lowest BCUT2D eigenvalue weighted by atomic mass is 10.0. The monoisotopic (exact) mass is 298 g/mol. The minimum Gasteiger partial charge on any atom is -0.506 e. The van der Waals surface area contributed by atoms with Gasteiger partial charge in [0, 0.05) is 18.5 Å². The van der Waals surface area contributed by atoms with E-state index in [2.05, 4.69) is 17.2 Å². The number of carbonyl (C=O) groups is 2. The second-order valence-corrected chi connectivity index (χ2v) is 4.88. The van der Waals surface area contributed by atoms with Crippen molar-refractivity contribution in [2.24, 2.45) is 0 Å². The molecule has 0 saturated carbocycles. The predicted molar refractivity (Wildman–Crippen MR) is 85.9 cm³/mol. The summed E-state index contributed by atoms with van der Waals surface area (Å²) in [5.74, 6) is -0.708. The van der Waals surface area contributed by atoms with Crippen LogP contribution >= 0.6 is 0 Å². The van der Waals surface area contributed by atoms with Crippen LogP contribution in [0.25, 0.3) is 10.8 Å². The Labute approximate surface area is 128 Å². The molecular weight excluding hydrogens is 280 g/mol. The van der Waals surface area contributed by atoms with Crippen molar-refractivity contribution in [3.8, 4) is 5.75 Å². The number of benzene rings is 2. The van der Waals surface area contributed by atoms with E-state index < -0.39 is 0 Å². The van der Waals surface area contributed by atoms with Crippen LogP contribution in [0.5, 0.6) is 5.75 Å². The molecule has 114 valence electrons. The van der Waals surface area contributed by atoms with Gasteiger partial charge >= 0.3 is 0 Å². The maximum atomic E-state index is 12.1. The van der Waals surface area contributed by atoms with E-state index in [0.717, 1.165) is 10.9 Å². The van der Waals surface area contributed by atoms with Gasteiger partial charge in [-0.25, -0.2) is 0 Å². The Morgan fingerprint density at radius 3 is 2.59 bits per heavy atom. The molecule has 0 aromatic heterocycles. The van der Waals surface area contributed by atoms with Gasteiger partial charge in [-0.15, -0.1) is 0 Å². The minimum absolute atomic E-state index is 0.0335. The average Bonchev–Trinajstić information content (AvgIpc) is 2.52. The minimum atomic E-state index is -0.381. The standard InChI is InChI=1S/C17H18N2O3/c1-3-15(20)18-9-10-19-17(22)14-8-7-12-11(2)5-4-6-13(12)16(14)21/h3-8,21H,1,9-10H2,2H3,(H,18,20)(H,19,22). The van der Waals surface area contributed by atoms with E-state index in [4.69, 9.17) is 0 Å². The van der Waals surface area contributed by atoms with Gasteiger partial charge in [-0.2, -0.15) is 0 Å². The number of hydrogen-bond acceptors (Lipinski definition) is 3. The lowest BCUT2D eigenvalue weighted by molar-refractivity contribution is -0.116. The fraction of sp³-hybridized carbons (Fsp3) is 0.176. The highest BCUT2D eigenvalue weighted by atomic mass is 16.3. The van der Waals surface area contributed by atoms with Crippen LogP contribution < -0.4 is 10.6 Å². The van der Waals surface area contributed by atoms with Crippen LogP contribution in [0.15, 0.2) is 43.0 Å². The third kappa shape index (κ3) is 3.25. The molecule has 0 fully saturated rings. The summed E-state index contributed by atoms with van der Waals surface area (Å²) in [7, 11) is 0. The van der Waals surface area contributed by atoms with Gasteiger partial charge in [0.2, 0.25) is 5.91 Å². The van der Waals surface area contributed by atoms with Crippen molar-refractivity contribution in [1.82, 2.24) is 10.6 Å². The van der Waals surface area contributed by atoms with Gasteiger partial charge in [-0.05, 0) is 30.0 Å². The number of hydrogen-bond donors (Lipinski definition) is 3. The first-order valence-corrected chi connectivity index (χ1v) is 6.94. The van der Waals surface area contributed by atoms with Gasteiger partial charge < -0.3 is 15.7 Å². The van der Waals surface area contributed by atoms with Crippen LogP contribution in [-0.2, 0) is 4.79 Å². The lowest BCUT2D eigenvalue weighted by Crippen LogP contribution is -2.33. The molecule has 2 rings (SSSR count). The number of fused-ring (bicyclic) bond motifs is 1. The van der Waals surface area contributed by atoms with E-state index in [0.29, 0.717) is 11.9 Å². The molecule has 0 radical (unpaired) electrons. The van der Waals surface area contributed by atoms with Crippen LogP contribution in [0.1, 0.15) is 15.9 Å². The summed E-state index contributed by atoms with van der Waals surface area (Å²) >= 11 is 0. The number of rotatable bonds is 5. The molecule has 0 heterocycles. The number of phenols is 1. The molecule has 2 aromatic carbocycles. The third-order valence-corrected chi connectivity index (χ3v) is 3.39. The number of aryl methyl sites for hydroxylation is 1. The molecule has 0 spiro atoms. The molecule has 0 atom stereocenters. The van der Waals surface area contributed by atoms with Crippen LogP contribution in [0.4, 0.5) is 0 Å². The summed E-state index contributed by atoms with van der Waals surface area (Å²) in [6, 6.07) is 8.98. The Kier molecular flexibility index (Phi) is 4.78. The van der Waals surface area contributed by atoms with Crippen LogP contribution in [0, 0.1) is 6.92 Å². The number of phenolic OH excluding ortho intramolecular Hbond substituents is 1. The van der Waals surface area contributed by atoms with Gasteiger partial charge in [0.05, 0.1) is 5.56 Å². The van der Waals surface area contributed by atoms with E-state index in [9.17, 15) is 14.7 Å². The smallest absolute Gasteiger partial charge is 0.255 e. The zero-order valence-corrected chi connectivity index (χ0v) is 12.3. The largest absolute Gasteiger partial charge is 0.506 e. The fourth-order valence-corrected chi connectivity index (χ4v) is 2.21. The molecule has 3 N–H and O–H groups in total. The second-order valence-electron chi connectivity index (χ2n) is 4.88.